The van der Waals surface area contributed by atoms with Crippen LogP contribution in [0.3, 0.4) is 0 Å². The number of nitrogens with zero attached hydrogens (tertiary/aromatic N) is 1. The van der Waals surface area contributed by atoms with E-state index in [1.54, 1.807) is 7.11 Å². The number of ether oxygens (including phenoxy) is 2. The first-order valence-electron chi connectivity index (χ1n) is 11.0. The standard InChI is InChI=1S/C25H30N2O4/c1-30-23-14-19(9-12-22(23)31-17-18-6-3-2-4-7-18)15-26-24(28)21-8-5-13-27(16-21)25(29)20-10-11-20/h2-4,6-7,9,12,14,20-21H,5,8,10-11,13,15-17H2,1H3,(H,26,28). The van der Waals surface area contributed by atoms with Crippen LogP contribution >= 0.6 is 0 Å². The number of piperidine rings is 1. The lowest BCUT2D eigenvalue weighted by Gasteiger charge is -2.32. The van der Waals surface area contributed by atoms with Gasteiger partial charge >= 0.3 is 0 Å². The van der Waals surface area contributed by atoms with Gasteiger partial charge in [0.2, 0.25) is 11.8 Å². The lowest BCUT2D eigenvalue weighted by atomic mass is 9.96. The summed E-state index contributed by atoms with van der Waals surface area (Å²) in [6.45, 7) is 2.20. The molecular weight excluding hydrogens is 392 g/mol. The van der Waals surface area contributed by atoms with Crippen molar-refractivity contribution in [3.63, 3.8) is 0 Å². The van der Waals surface area contributed by atoms with Crippen molar-refractivity contribution in [1.29, 1.82) is 0 Å². The van der Waals surface area contributed by atoms with Gasteiger partial charge in [0.25, 0.3) is 0 Å². The van der Waals surface area contributed by atoms with Crippen molar-refractivity contribution in [3.8, 4) is 11.5 Å². The molecule has 2 amide bonds. The molecule has 0 aromatic heterocycles. The molecule has 1 saturated heterocycles. The predicted molar refractivity (Wildman–Crippen MR) is 118 cm³/mol. The van der Waals surface area contributed by atoms with Crippen LogP contribution in [0.5, 0.6) is 11.5 Å². The molecule has 2 aliphatic rings. The predicted octanol–water partition coefficient (Wildman–Crippen LogP) is 3.54. The monoisotopic (exact) mass is 422 g/mol. The highest BCUT2D eigenvalue weighted by Crippen LogP contribution is 2.32. The van der Waals surface area contributed by atoms with E-state index in [1.165, 1.54) is 0 Å². The third-order valence-electron chi connectivity index (χ3n) is 5.96. The second kappa shape index (κ2) is 9.86. The summed E-state index contributed by atoms with van der Waals surface area (Å²) >= 11 is 0. The number of hydrogen-bond acceptors (Lipinski definition) is 4. The number of amides is 2. The third kappa shape index (κ3) is 5.57. The highest BCUT2D eigenvalue weighted by molar-refractivity contribution is 5.83. The minimum absolute atomic E-state index is 0.0108. The maximum atomic E-state index is 12.7. The molecule has 1 atom stereocenters. The van der Waals surface area contributed by atoms with Gasteiger partial charge in [-0.1, -0.05) is 36.4 Å². The summed E-state index contributed by atoms with van der Waals surface area (Å²) in [5.74, 6) is 1.62. The third-order valence-corrected chi connectivity index (χ3v) is 5.96. The van der Waals surface area contributed by atoms with Gasteiger partial charge in [-0.15, -0.1) is 0 Å². The fourth-order valence-corrected chi connectivity index (χ4v) is 3.99. The van der Waals surface area contributed by atoms with Crippen molar-refractivity contribution in [1.82, 2.24) is 10.2 Å². The first-order valence-corrected chi connectivity index (χ1v) is 11.0. The van der Waals surface area contributed by atoms with Gasteiger partial charge < -0.3 is 19.7 Å². The van der Waals surface area contributed by atoms with Crippen LogP contribution in [0.25, 0.3) is 0 Å². The molecule has 2 aromatic carbocycles. The summed E-state index contributed by atoms with van der Waals surface area (Å²) in [4.78, 5) is 26.9. The van der Waals surface area contributed by atoms with Crippen LogP contribution in [-0.2, 0) is 22.7 Å². The van der Waals surface area contributed by atoms with E-state index in [9.17, 15) is 9.59 Å². The Kier molecular flexibility index (Phi) is 6.75. The summed E-state index contributed by atoms with van der Waals surface area (Å²) in [6.07, 6.45) is 3.71. The van der Waals surface area contributed by atoms with Gasteiger partial charge in [-0.3, -0.25) is 9.59 Å². The Morgan fingerprint density at radius 3 is 2.55 bits per heavy atom. The Morgan fingerprint density at radius 1 is 1.00 bits per heavy atom. The molecule has 164 valence electrons. The molecule has 6 heteroatoms. The second-order valence-corrected chi connectivity index (χ2v) is 8.37. The van der Waals surface area contributed by atoms with E-state index >= 15 is 0 Å². The number of benzene rings is 2. The van der Waals surface area contributed by atoms with Gasteiger partial charge in [0.1, 0.15) is 6.61 Å². The number of nitrogens with one attached hydrogen (secondary N) is 1. The molecule has 0 radical (unpaired) electrons. The van der Waals surface area contributed by atoms with E-state index < -0.39 is 0 Å². The summed E-state index contributed by atoms with van der Waals surface area (Å²) in [5.41, 5.74) is 2.03. The number of hydrogen-bond donors (Lipinski definition) is 1. The molecule has 1 N–H and O–H groups in total. The summed E-state index contributed by atoms with van der Waals surface area (Å²) < 4.78 is 11.4. The SMILES string of the molecule is COc1cc(CNC(=O)C2CCCN(C(=O)C3CC3)C2)ccc1OCc1ccccc1. The van der Waals surface area contributed by atoms with Gasteiger partial charge in [-0.05, 0) is 48.9 Å². The normalized spacial score (nSPS) is 18.4. The van der Waals surface area contributed by atoms with Crippen LogP contribution in [0, 0.1) is 11.8 Å². The largest absolute Gasteiger partial charge is 0.493 e. The number of methoxy groups -OCH3 is 1. The molecule has 0 spiro atoms. The van der Waals surface area contributed by atoms with Crippen molar-refractivity contribution in [3.05, 3.63) is 59.7 Å². The fraction of sp³-hybridized carbons (Fsp3) is 0.440. The lowest BCUT2D eigenvalue weighted by Crippen LogP contribution is -2.45. The molecule has 6 nitrogen and oxygen atoms in total. The van der Waals surface area contributed by atoms with E-state index in [-0.39, 0.29) is 23.7 Å². The maximum Gasteiger partial charge on any atom is 0.225 e. The number of carbonyl (C=O) groups excluding carboxylic acids is 2. The molecule has 2 aromatic rings. The van der Waals surface area contributed by atoms with Crippen LogP contribution in [0.1, 0.15) is 36.8 Å². The van der Waals surface area contributed by atoms with Crippen LogP contribution in [-0.4, -0.2) is 36.9 Å². The first-order chi connectivity index (χ1) is 15.1. The molecule has 1 unspecified atom stereocenters. The maximum absolute atomic E-state index is 12.7. The van der Waals surface area contributed by atoms with Gasteiger partial charge in [0.05, 0.1) is 13.0 Å². The molecule has 1 heterocycles. The Morgan fingerprint density at radius 2 is 1.81 bits per heavy atom. The van der Waals surface area contributed by atoms with Gasteiger partial charge in [-0.2, -0.15) is 0 Å². The average Bonchev–Trinajstić information content (AvgIpc) is 3.67. The zero-order valence-corrected chi connectivity index (χ0v) is 18.0. The van der Waals surface area contributed by atoms with Crippen molar-refractivity contribution in [2.75, 3.05) is 20.2 Å². The Bertz CT molecular complexity index is 911. The lowest BCUT2D eigenvalue weighted by molar-refractivity contribution is -0.136. The van der Waals surface area contributed by atoms with Gasteiger partial charge in [0.15, 0.2) is 11.5 Å². The fourth-order valence-electron chi connectivity index (χ4n) is 3.99. The summed E-state index contributed by atoms with van der Waals surface area (Å²) in [6, 6.07) is 15.7. The highest BCUT2D eigenvalue weighted by atomic mass is 16.5. The number of rotatable bonds is 8. The van der Waals surface area contributed by atoms with Crippen LogP contribution in [0.4, 0.5) is 0 Å². The van der Waals surface area contributed by atoms with Gasteiger partial charge in [-0.25, -0.2) is 0 Å². The Labute approximate surface area is 183 Å². The summed E-state index contributed by atoms with van der Waals surface area (Å²) in [5, 5.41) is 3.03. The van der Waals surface area contributed by atoms with Crippen molar-refractivity contribution in [2.24, 2.45) is 11.8 Å². The van der Waals surface area contributed by atoms with Crippen molar-refractivity contribution >= 4 is 11.8 Å². The Balaban J connectivity index is 1.30. The van der Waals surface area contributed by atoms with Crippen molar-refractivity contribution < 1.29 is 19.1 Å². The zero-order chi connectivity index (χ0) is 21.6. The van der Waals surface area contributed by atoms with Crippen LogP contribution in [0.2, 0.25) is 0 Å². The van der Waals surface area contributed by atoms with Crippen molar-refractivity contribution in [2.45, 2.75) is 38.8 Å². The van der Waals surface area contributed by atoms with E-state index in [0.29, 0.717) is 31.2 Å². The molecule has 4 rings (SSSR count). The average molecular weight is 423 g/mol. The Hall–Kier alpha value is -3.02. The quantitative estimate of drug-likeness (QED) is 0.707. The molecule has 2 fully saturated rings. The van der Waals surface area contributed by atoms with Gasteiger partial charge in [0, 0.05) is 25.6 Å². The topological polar surface area (TPSA) is 67.9 Å². The number of likely N-dealkylation sites (tertiary alicyclic amines) is 1. The van der Waals surface area contributed by atoms with E-state index in [2.05, 4.69) is 5.32 Å². The minimum atomic E-state index is -0.133. The second-order valence-electron chi connectivity index (χ2n) is 8.37. The first kappa shape index (κ1) is 21.2. The molecule has 31 heavy (non-hydrogen) atoms. The van der Waals surface area contributed by atoms with E-state index in [4.69, 9.17) is 9.47 Å². The molecule has 1 aliphatic heterocycles. The van der Waals surface area contributed by atoms with E-state index in [0.717, 1.165) is 43.4 Å². The molecule has 1 saturated carbocycles. The zero-order valence-electron chi connectivity index (χ0n) is 18.0. The molecule has 0 bridgehead atoms. The highest BCUT2D eigenvalue weighted by Gasteiger charge is 2.36. The number of carbonyl (C=O) groups is 2. The molecular formula is C25H30N2O4. The van der Waals surface area contributed by atoms with Crippen LogP contribution in [0.15, 0.2) is 48.5 Å². The molecule has 1 aliphatic carbocycles. The summed E-state index contributed by atoms with van der Waals surface area (Å²) in [7, 11) is 1.61. The van der Waals surface area contributed by atoms with E-state index in [1.807, 2.05) is 53.4 Å². The van der Waals surface area contributed by atoms with Crippen LogP contribution < -0.4 is 14.8 Å². The smallest absolute Gasteiger partial charge is 0.225 e. The minimum Gasteiger partial charge on any atom is -0.493 e.